The molecule has 1 heterocycles. The van der Waals surface area contributed by atoms with Crippen LogP contribution in [-0.2, 0) is 4.79 Å². The predicted molar refractivity (Wildman–Crippen MR) is 90.2 cm³/mol. The predicted octanol–water partition coefficient (Wildman–Crippen LogP) is 3.60. The number of hydrogen-bond acceptors (Lipinski definition) is 2. The van der Waals surface area contributed by atoms with Crippen molar-refractivity contribution in [2.45, 2.75) is 18.9 Å². The monoisotopic (exact) mass is 345 g/mol. The number of halogens is 2. The molecule has 3 amide bonds. The average molecular weight is 345 g/mol. The Balaban J connectivity index is 1.67. The third kappa shape index (κ3) is 4.12. The van der Waals surface area contributed by atoms with Crippen molar-refractivity contribution in [3.05, 3.63) is 60.2 Å². The first-order chi connectivity index (χ1) is 12.0. The molecule has 3 rings (SSSR count). The molecule has 2 N–H and O–H groups in total. The third-order valence-corrected chi connectivity index (χ3v) is 3.98. The van der Waals surface area contributed by atoms with E-state index in [1.54, 1.807) is 12.1 Å². The summed E-state index contributed by atoms with van der Waals surface area (Å²) in [6, 6.07) is 9.98. The topological polar surface area (TPSA) is 61.4 Å². The first-order valence-electron chi connectivity index (χ1n) is 7.92. The third-order valence-electron chi connectivity index (χ3n) is 3.98. The highest BCUT2D eigenvalue weighted by Crippen LogP contribution is 2.21. The number of benzene rings is 2. The Morgan fingerprint density at radius 1 is 0.960 bits per heavy atom. The van der Waals surface area contributed by atoms with Crippen LogP contribution < -0.4 is 10.6 Å². The molecule has 0 aliphatic carbocycles. The summed E-state index contributed by atoms with van der Waals surface area (Å²) in [4.78, 5) is 26.2. The molecule has 1 aliphatic rings. The van der Waals surface area contributed by atoms with Crippen LogP contribution in [0.25, 0.3) is 0 Å². The minimum absolute atomic E-state index is 0.321. The van der Waals surface area contributed by atoms with Crippen LogP contribution >= 0.6 is 0 Å². The van der Waals surface area contributed by atoms with Crippen LogP contribution in [0.2, 0.25) is 0 Å². The molecule has 1 saturated heterocycles. The Morgan fingerprint density at radius 3 is 2.16 bits per heavy atom. The SMILES string of the molecule is O=C(Nc1cccc(F)c1)[C@@H]1CCCN1C(=O)Nc1cccc(F)c1. The van der Waals surface area contributed by atoms with E-state index in [0.29, 0.717) is 30.8 Å². The number of nitrogens with zero attached hydrogens (tertiary/aromatic N) is 1. The first-order valence-corrected chi connectivity index (χ1v) is 7.92. The van der Waals surface area contributed by atoms with Crippen molar-refractivity contribution >= 4 is 23.3 Å². The number of hydrogen-bond donors (Lipinski definition) is 2. The van der Waals surface area contributed by atoms with Gasteiger partial charge in [-0.05, 0) is 49.2 Å². The first kappa shape index (κ1) is 16.9. The number of nitrogens with one attached hydrogen (secondary N) is 2. The van der Waals surface area contributed by atoms with Gasteiger partial charge >= 0.3 is 6.03 Å². The molecule has 1 aliphatic heterocycles. The summed E-state index contributed by atoms with van der Waals surface area (Å²) in [6.45, 7) is 0.419. The summed E-state index contributed by atoms with van der Waals surface area (Å²) in [7, 11) is 0. The standard InChI is InChI=1S/C18H17F2N3O2/c19-12-4-1-6-14(10-12)21-17(24)16-8-3-9-23(16)18(25)22-15-7-2-5-13(20)11-15/h1-2,4-7,10-11,16H,3,8-9H2,(H,21,24)(H,22,25)/t16-/m0/s1. The second kappa shape index (κ2) is 7.29. The summed E-state index contributed by atoms with van der Waals surface area (Å²) < 4.78 is 26.4. The van der Waals surface area contributed by atoms with Gasteiger partial charge in [0.05, 0.1) is 0 Å². The molecule has 2 aromatic rings. The fraction of sp³-hybridized carbons (Fsp3) is 0.222. The smallest absolute Gasteiger partial charge is 0.322 e. The van der Waals surface area contributed by atoms with Crippen LogP contribution in [0.4, 0.5) is 25.0 Å². The van der Waals surface area contributed by atoms with Gasteiger partial charge in [-0.3, -0.25) is 4.79 Å². The molecule has 0 unspecified atom stereocenters. The summed E-state index contributed by atoms with van der Waals surface area (Å²) in [5, 5.41) is 5.21. The summed E-state index contributed by atoms with van der Waals surface area (Å²) in [5.74, 6) is -1.29. The van der Waals surface area contributed by atoms with Crippen LogP contribution in [-0.4, -0.2) is 29.4 Å². The van der Waals surface area contributed by atoms with E-state index in [-0.39, 0.29) is 5.91 Å². The molecular formula is C18H17F2N3O2. The van der Waals surface area contributed by atoms with Crippen LogP contribution in [0.5, 0.6) is 0 Å². The lowest BCUT2D eigenvalue weighted by molar-refractivity contribution is -0.119. The van der Waals surface area contributed by atoms with Gasteiger partial charge in [-0.2, -0.15) is 0 Å². The van der Waals surface area contributed by atoms with Gasteiger partial charge in [-0.15, -0.1) is 0 Å². The van der Waals surface area contributed by atoms with Gasteiger partial charge in [0.2, 0.25) is 5.91 Å². The number of rotatable bonds is 3. The molecule has 0 bridgehead atoms. The lowest BCUT2D eigenvalue weighted by Crippen LogP contribution is -2.45. The fourth-order valence-corrected chi connectivity index (χ4v) is 2.84. The average Bonchev–Trinajstić information content (AvgIpc) is 3.04. The van der Waals surface area contributed by atoms with Gasteiger partial charge in [0.15, 0.2) is 0 Å². The molecule has 2 aromatic carbocycles. The van der Waals surface area contributed by atoms with Gasteiger partial charge in [0.25, 0.3) is 0 Å². The van der Waals surface area contributed by atoms with Gasteiger partial charge in [-0.25, -0.2) is 13.6 Å². The zero-order chi connectivity index (χ0) is 17.8. The van der Waals surface area contributed by atoms with Crippen molar-refractivity contribution < 1.29 is 18.4 Å². The molecule has 1 fully saturated rings. The van der Waals surface area contributed by atoms with Crippen molar-refractivity contribution in [2.24, 2.45) is 0 Å². The maximum atomic E-state index is 13.2. The van der Waals surface area contributed by atoms with E-state index in [4.69, 9.17) is 0 Å². The van der Waals surface area contributed by atoms with Crippen molar-refractivity contribution in [2.75, 3.05) is 17.2 Å². The molecule has 25 heavy (non-hydrogen) atoms. The number of carbonyl (C=O) groups is 2. The fourth-order valence-electron chi connectivity index (χ4n) is 2.84. The summed E-state index contributed by atoms with van der Waals surface area (Å²) in [5.41, 5.74) is 0.656. The van der Waals surface area contributed by atoms with E-state index < -0.39 is 23.7 Å². The molecule has 7 heteroatoms. The molecule has 0 saturated carbocycles. The second-order valence-corrected chi connectivity index (χ2v) is 5.79. The number of carbonyl (C=O) groups excluding carboxylic acids is 2. The van der Waals surface area contributed by atoms with E-state index in [1.165, 1.54) is 41.3 Å². The van der Waals surface area contributed by atoms with Crippen molar-refractivity contribution in [1.82, 2.24) is 4.90 Å². The van der Waals surface area contributed by atoms with E-state index >= 15 is 0 Å². The second-order valence-electron chi connectivity index (χ2n) is 5.79. The van der Waals surface area contributed by atoms with Crippen LogP contribution in [0.1, 0.15) is 12.8 Å². The number of likely N-dealkylation sites (tertiary alicyclic amines) is 1. The van der Waals surface area contributed by atoms with Crippen molar-refractivity contribution in [3.63, 3.8) is 0 Å². The Labute approximate surface area is 143 Å². The number of amides is 3. The molecule has 0 radical (unpaired) electrons. The highest BCUT2D eigenvalue weighted by molar-refractivity contribution is 5.99. The Kier molecular flexibility index (Phi) is 4.92. The van der Waals surface area contributed by atoms with E-state index in [0.717, 1.165) is 0 Å². The quantitative estimate of drug-likeness (QED) is 0.893. The maximum Gasteiger partial charge on any atom is 0.322 e. The van der Waals surface area contributed by atoms with Crippen LogP contribution in [0.3, 0.4) is 0 Å². The van der Waals surface area contributed by atoms with Gasteiger partial charge < -0.3 is 15.5 Å². The summed E-state index contributed by atoms with van der Waals surface area (Å²) >= 11 is 0. The van der Waals surface area contributed by atoms with E-state index in [1.807, 2.05) is 0 Å². The number of anilines is 2. The highest BCUT2D eigenvalue weighted by Gasteiger charge is 2.34. The van der Waals surface area contributed by atoms with E-state index in [9.17, 15) is 18.4 Å². The van der Waals surface area contributed by atoms with E-state index in [2.05, 4.69) is 10.6 Å². The minimum Gasteiger partial charge on any atom is -0.324 e. The van der Waals surface area contributed by atoms with Crippen LogP contribution in [0.15, 0.2) is 48.5 Å². The maximum absolute atomic E-state index is 13.2. The number of urea groups is 1. The lowest BCUT2D eigenvalue weighted by atomic mass is 10.2. The Hall–Kier alpha value is -2.96. The Morgan fingerprint density at radius 2 is 1.56 bits per heavy atom. The lowest BCUT2D eigenvalue weighted by Gasteiger charge is -2.24. The van der Waals surface area contributed by atoms with Crippen molar-refractivity contribution in [3.8, 4) is 0 Å². The van der Waals surface area contributed by atoms with Crippen LogP contribution in [0, 0.1) is 11.6 Å². The zero-order valence-corrected chi connectivity index (χ0v) is 13.3. The molecule has 0 spiro atoms. The molecule has 0 aromatic heterocycles. The van der Waals surface area contributed by atoms with Gasteiger partial charge in [0, 0.05) is 17.9 Å². The van der Waals surface area contributed by atoms with Gasteiger partial charge in [0.1, 0.15) is 17.7 Å². The zero-order valence-electron chi connectivity index (χ0n) is 13.3. The summed E-state index contributed by atoms with van der Waals surface area (Å²) in [6.07, 6.45) is 1.19. The largest absolute Gasteiger partial charge is 0.324 e. The normalized spacial score (nSPS) is 16.6. The molecule has 1 atom stereocenters. The minimum atomic E-state index is -0.656. The van der Waals surface area contributed by atoms with Gasteiger partial charge in [-0.1, -0.05) is 12.1 Å². The molecule has 130 valence electrons. The van der Waals surface area contributed by atoms with Crippen molar-refractivity contribution in [1.29, 1.82) is 0 Å². The molecular weight excluding hydrogens is 328 g/mol. The molecule has 5 nitrogen and oxygen atoms in total. The highest BCUT2D eigenvalue weighted by atomic mass is 19.1. The Bertz CT molecular complexity index is 732.